The van der Waals surface area contributed by atoms with Crippen LogP contribution in [0.3, 0.4) is 0 Å². The highest BCUT2D eigenvalue weighted by Gasteiger charge is 2.19. The van der Waals surface area contributed by atoms with E-state index < -0.39 is 25.0 Å². The number of carboxylic acid groups (broad SMARTS) is 1. The van der Waals surface area contributed by atoms with Crippen molar-refractivity contribution in [3.8, 4) is 5.75 Å². The number of benzene rings is 1. The molecule has 0 radical (unpaired) electrons. The van der Waals surface area contributed by atoms with E-state index in [1.54, 1.807) is 0 Å². The van der Waals surface area contributed by atoms with Gasteiger partial charge in [-0.1, -0.05) is 13.8 Å². The third-order valence-electron chi connectivity index (χ3n) is 2.53. The van der Waals surface area contributed by atoms with Crippen LogP contribution in [0.1, 0.15) is 24.2 Å². The molecule has 7 heteroatoms. The maximum atomic E-state index is 12.2. The Bertz CT molecular complexity index is 488. The maximum Gasteiger partial charge on any atom is 0.387 e. The molecule has 0 fully saturated rings. The number of rotatable bonds is 7. The van der Waals surface area contributed by atoms with Crippen molar-refractivity contribution in [1.82, 2.24) is 4.90 Å². The fraction of sp³-hybridized carbons (Fsp3) is 0.429. The summed E-state index contributed by atoms with van der Waals surface area (Å²) in [7, 11) is 0. The smallest absolute Gasteiger partial charge is 0.387 e. The van der Waals surface area contributed by atoms with Crippen LogP contribution in [0.2, 0.25) is 0 Å². The van der Waals surface area contributed by atoms with Crippen LogP contribution in [0.5, 0.6) is 5.75 Å². The number of halogens is 2. The van der Waals surface area contributed by atoms with Gasteiger partial charge in [-0.2, -0.15) is 8.78 Å². The molecule has 0 spiro atoms. The van der Waals surface area contributed by atoms with Gasteiger partial charge in [0.05, 0.1) is 0 Å². The van der Waals surface area contributed by atoms with E-state index in [9.17, 15) is 18.4 Å². The number of carbonyl (C=O) groups is 2. The lowest BCUT2D eigenvalue weighted by atomic mass is 10.1. The number of hydrogen-bond acceptors (Lipinski definition) is 3. The Hall–Kier alpha value is -2.18. The molecule has 0 aliphatic heterocycles. The van der Waals surface area contributed by atoms with E-state index in [2.05, 4.69) is 4.74 Å². The standard InChI is InChI=1S/C14H17F2NO4/c1-9(2)7-17(8-12(18)19)13(20)10-3-5-11(6-4-10)21-14(15)16/h3-6,9,14H,7-8H2,1-2H3,(H,18,19). The van der Waals surface area contributed by atoms with Gasteiger partial charge in [0.25, 0.3) is 5.91 Å². The van der Waals surface area contributed by atoms with E-state index in [0.717, 1.165) is 0 Å². The van der Waals surface area contributed by atoms with Crippen molar-refractivity contribution < 1.29 is 28.2 Å². The number of aliphatic carboxylic acids is 1. The molecular weight excluding hydrogens is 284 g/mol. The number of ether oxygens (including phenoxy) is 1. The summed E-state index contributed by atoms with van der Waals surface area (Å²) < 4.78 is 28.3. The zero-order valence-electron chi connectivity index (χ0n) is 11.8. The van der Waals surface area contributed by atoms with Crippen molar-refractivity contribution in [2.75, 3.05) is 13.1 Å². The molecule has 5 nitrogen and oxygen atoms in total. The summed E-state index contributed by atoms with van der Waals surface area (Å²) in [6, 6.07) is 5.14. The second-order valence-corrected chi connectivity index (χ2v) is 4.88. The predicted molar refractivity (Wildman–Crippen MR) is 71.5 cm³/mol. The maximum absolute atomic E-state index is 12.2. The van der Waals surface area contributed by atoms with Gasteiger partial charge in [0.2, 0.25) is 0 Å². The summed E-state index contributed by atoms with van der Waals surface area (Å²) in [4.78, 5) is 24.2. The molecule has 21 heavy (non-hydrogen) atoms. The lowest BCUT2D eigenvalue weighted by Gasteiger charge is -2.22. The Morgan fingerprint density at radius 1 is 1.24 bits per heavy atom. The summed E-state index contributed by atoms with van der Waals surface area (Å²) in [5.41, 5.74) is 0.221. The van der Waals surface area contributed by atoms with Gasteiger partial charge in [-0.05, 0) is 30.2 Å². The number of amides is 1. The van der Waals surface area contributed by atoms with E-state index in [1.807, 2.05) is 13.8 Å². The zero-order valence-corrected chi connectivity index (χ0v) is 11.8. The molecule has 0 saturated heterocycles. The number of carbonyl (C=O) groups excluding carboxylic acids is 1. The largest absolute Gasteiger partial charge is 0.480 e. The van der Waals surface area contributed by atoms with Gasteiger partial charge < -0.3 is 14.7 Å². The van der Waals surface area contributed by atoms with Crippen LogP contribution in [0.4, 0.5) is 8.78 Å². The highest BCUT2D eigenvalue weighted by Crippen LogP contribution is 2.16. The summed E-state index contributed by atoms with van der Waals surface area (Å²) in [5.74, 6) is -1.53. The topological polar surface area (TPSA) is 66.8 Å². The minimum Gasteiger partial charge on any atom is -0.480 e. The molecule has 0 heterocycles. The monoisotopic (exact) mass is 301 g/mol. The van der Waals surface area contributed by atoms with E-state index >= 15 is 0 Å². The van der Waals surface area contributed by atoms with E-state index in [-0.39, 0.29) is 17.2 Å². The van der Waals surface area contributed by atoms with Crippen LogP contribution in [0.15, 0.2) is 24.3 Å². The molecule has 1 amide bonds. The number of nitrogens with zero attached hydrogens (tertiary/aromatic N) is 1. The fourth-order valence-electron chi connectivity index (χ4n) is 1.78. The highest BCUT2D eigenvalue weighted by molar-refractivity contribution is 5.95. The third-order valence-corrected chi connectivity index (χ3v) is 2.53. The van der Waals surface area contributed by atoms with Gasteiger partial charge in [0.1, 0.15) is 12.3 Å². The van der Waals surface area contributed by atoms with Gasteiger partial charge in [0.15, 0.2) is 0 Å². The molecule has 1 aromatic rings. The Labute approximate surface area is 121 Å². The van der Waals surface area contributed by atoms with Gasteiger partial charge in [-0.3, -0.25) is 9.59 Å². The first kappa shape index (κ1) is 16.9. The highest BCUT2D eigenvalue weighted by atomic mass is 19.3. The van der Waals surface area contributed by atoms with Crippen LogP contribution in [0, 0.1) is 5.92 Å². The molecule has 0 saturated carbocycles. The van der Waals surface area contributed by atoms with Crippen molar-refractivity contribution in [3.63, 3.8) is 0 Å². The summed E-state index contributed by atoms with van der Waals surface area (Å²) >= 11 is 0. The molecule has 0 atom stereocenters. The first-order chi connectivity index (χ1) is 9.79. The van der Waals surface area contributed by atoms with Crippen molar-refractivity contribution in [3.05, 3.63) is 29.8 Å². The normalized spacial score (nSPS) is 10.8. The van der Waals surface area contributed by atoms with Gasteiger partial charge in [-0.25, -0.2) is 0 Å². The first-order valence-corrected chi connectivity index (χ1v) is 6.35. The van der Waals surface area contributed by atoms with Gasteiger partial charge >= 0.3 is 12.6 Å². The second-order valence-electron chi connectivity index (χ2n) is 4.88. The minimum absolute atomic E-state index is 0.0600. The van der Waals surface area contributed by atoms with Crippen molar-refractivity contribution in [1.29, 1.82) is 0 Å². The molecule has 1 aromatic carbocycles. The van der Waals surface area contributed by atoms with Gasteiger partial charge in [0, 0.05) is 12.1 Å². The van der Waals surface area contributed by atoms with Crippen molar-refractivity contribution in [2.45, 2.75) is 20.5 Å². The Balaban J connectivity index is 2.84. The first-order valence-electron chi connectivity index (χ1n) is 6.35. The predicted octanol–water partition coefficient (Wildman–Crippen LogP) is 2.47. The van der Waals surface area contributed by atoms with Crippen LogP contribution in [-0.4, -0.2) is 41.6 Å². The zero-order chi connectivity index (χ0) is 16.0. The average molecular weight is 301 g/mol. The van der Waals surface area contributed by atoms with E-state index in [0.29, 0.717) is 6.54 Å². The quantitative estimate of drug-likeness (QED) is 0.840. The molecule has 0 bridgehead atoms. The van der Waals surface area contributed by atoms with Crippen LogP contribution < -0.4 is 4.74 Å². The molecule has 1 rings (SSSR count). The lowest BCUT2D eigenvalue weighted by molar-refractivity contribution is -0.137. The Kier molecular flexibility index (Phi) is 6.08. The average Bonchev–Trinajstić information content (AvgIpc) is 2.36. The van der Waals surface area contributed by atoms with Gasteiger partial charge in [-0.15, -0.1) is 0 Å². The molecule has 1 N–H and O–H groups in total. The Morgan fingerprint density at radius 2 is 1.81 bits per heavy atom. The molecule has 116 valence electrons. The second kappa shape index (κ2) is 7.56. The summed E-state index contributed by atoms with van der Waals surface area (Å²) in [5, 5.41) is 8.84. The molecule has 0 aliphatic carbocycles. The van der Waals surface area contributed by atoms with Crippen LogP contribution >= 0.6 is 0 Å². The minimum atomic E-state index is -2.93. The molecular formula is C14H17F2NO4. The summed E-state index contributed by atoms with van der Waals surface area (Å²) in [6.45, 7) is 0.673. The molecule has 0 aliphatic rings. The van der Waals surface area contributed by atoms with E-state index in [1.165, 1.54) is 29.2 Å². The SMILES string of the molecule is CC(C)CN(CC(=O)O)C(=O)c1ccc(OC(F)F)cc1. The van der Waals surface area contributed by atoms with E-state index in [4.69, 9.17) is 5.11 Å². The third kappa shape index (κ3) is 5.76. The van der Waals surface area contributed by atoms with Crippen molar-refractivity contribution in [2.24, 2.45) is 5.92 Å². The number of hydrogen-bond donors (Lipinski definition) is 1. The molecule has 0 unspecified atom stereocenters. The van der Waals surface area contributed by atoms with Crippen LogP contribution in [-0.2, 0) is 4.79 Å². The fourth-order valence-corrected chi connectivity index (χ4v) is 1.78. The van der Waals surface area contributed by atoms with Crippen molar-refractivity contribution >= 4 is 11.9 Å². The Morgan fingerprint density at radius 3 is 2.24 bits per heavy atom. The number of carboxylic acids is 1. The number of alkyl halides is 2. The molecule has 0 aromatic heterocycles. The summed E-state index contributed by atoms with van der Waals surface area (Å²) in [6.07, 6.45) is 0. The van der Waals surface area contributed by atoms with Crippen LogP contribution in [0.25, 0.3) is 0 Å². The lowest BCUT2D eigenvalue weighted by Crippen LogP contribution is -2.38.